The SMILES string of the molecule is CN(C)C1CCN(Cc2cc(N)cc(Br)c2)C1. The van der Waals surface area contributed by atoms with E-state index in [0.29, 0.717) is 6.04 Å². The fourth-order valence-corrected chi connectivity index (χ4v) is 2.96. The molecule has 0 radical (unpaired) electrons. The van der Waals surface area contributed by atoms with Gasteiger partial charge in [0.15, 0.2) is 0 Å². The van der Waals surface area contributed by atoms with Gasteiger partial charge in [0.05, 0.1) is 0 Å². The lowest BCUT2D eigenvalue weighted by Crippen LogP contribution is -2.31. The van der Waals surface area contributed by atoms with Crippen LogP contribution in [-0.2, 0) is 6.54 Å². The van der Waals surface area contributed by atoms with Crippen molar-refractivity contribution in [3.63, 3.8) is 0 Å². The van der Waals surface area contributed by atoms with Crippen LogP contribution in [0.3, 0.4) is 0 Å². The first-order valence-corrected chi connectivity index (χ1v) is 6.77. The van der Waals surface area contributed by atoms with Gasteiger partial charge in [-0.1, -0.05) is 15.9 Å². The molecule has 2 N–H and O–H groups in total. The number of halogens is 1. The van der Waals surface area contributed by atoms with Crippen molar-refractivity contribution >= 4 is 21.6 Å². The molecule has 3 nitrogen and oxygen atoms in total. The van der Waals surface area contributed by atoms with Gasteiger partial charge in [0.2, 0.25) is 0 Å². The number of likely N-dealkylation sites (N-methyl/N-ethyl adjacent to an activating group) is 1. The third kappa shape index (κ3) is 3.44. The molecule has 17 heavy (non-hydrogen) atoms. The average Bonchev–Trinajstić information content (AvgIpc) is 2.64. The fraction of sp³-hybridized carbons (Fsp3) is 0.538. The van der Waals surface area contributed by atoms with Crippen molar-refractivity contribution in [1.82, 2.24) is 9.80 Å². The maximum absolute atomic E-state index is 5.85. The van der Waals surface area contributed by atoms with Crippen LogP contribution < -0.4 is 5.73 Å². The highest BCUT2D eigenvalue weighted by Gasteiger charge is 2.23. The van der Waals surface area contributed by atoms with Crippen molar-refractivity contribution in [2.75, 3.05) is 32.9 Å². The molecule has 1 unspecified atom stereocenters. The molecule has 0 saturated carbocycles. The summed E-state index contributed by atoms with van der Waals surface area (Å²) in [6.45, 7) is 3.32. The number of hydrogen-bond donors (Lipinski definition) is 1. The van der Waals surface area contributed by atoms with Crippen LogP contribution in [0.5, 0.6) is 0 Å². The van der Waals surface area contributed by atoms with Crippen LogP contribution in [0.4, 0.5) is 5.69 Å². The molecule has 1 atom stereocenters. The molecule has 0 aromatic heterocycles. The Bertz CT molecular complexity index is 372. The Morgan fingerprint density at radius 3 is 2.76 bits per heavy atom. The number of benzene rings is 1. The molecule has 4 heteroatoms. The maximum atomic E-state index is 5.85. The predicted molar refractivity (Wildman–Crippen MR) is 75.9 cm³/mol. The number of rotatable bonds is 3. The van der Waals surface area contributed by atoms with E-state index in [1.165, 1.54) is 18.5 Å². The summed E-state index contributed by atoms with van der Waals surface area (Å²) in [7, 11) is 4.32. The summed E-state index contributed by atoms with van der Waals surface area (Å²) in [5.74, 6) is 0. The van der Waals surface area contributed by atoms with Crippen molar-refractivity contribution in [2.45, 2.75) is 19.0 Å². The number of nitrogens with two attached hydrogens (primary N) is 1. The number of anilines is 1. The molecule has 94 valence electrons. The zero-order valence-electron chi connectivity index (χ0n) is 10.5. The first-order valence-electron chi connectivity index (χ1n) is 5.98. The second-order valence-corrected chi connectivity index (χ2v) is 5.95. The Morgan fingerprint density at radius 1 is 1.41 bits per heavy atom. The van der Waals surface area contributed by atoms with Crippen molar-refractivity contribution in [3.05, 3.63) is 28.2 Å². The molecule has 1 fully saturated rings. The predicted octanol–water partition coefficient (Wildman–Crippen LogP) is 2.17. The highest BCUT2D eigenvalue weighted by atomic mass is 79.9. The molecule has 0 aliphatic carbocycles. The Balaban J connectivity index is 1.98. The largest absolute Gasteiger partial charge is 0.399 e. The lowest BCUT2D eigenvalue weighted by Gasteiger charge is -2.20. The van der Waals surface area contributed by atoms with Gasteiger partial charge in [0, 0.05) is 35.8 Å². The maximum Gasteiger partial charge on any atom is 0.0328 e. The second kappa shape index (κ2) is 5.38. The van der Waals surface area contributed by atoms with Crippen molar-refractivity contribution in [2.24, 2.45) is 0 Å². The number of hydrogen-bond acceptors (Lipinski definition) is 3. The standard InChI is InChI=1S/C13H20BrN3/c1-16(2)13-3-4-17(9-13)8-10-5-11(14)7-12(15)6-10/h5-7,13H,3-4,8-9,15H2,1-2H3. The van der Waals surface area contributed by atoms with Crippen LogP contribution in [0, 0.1) is 0 Å². The molecular weight excluding hydrogens is 278 g/mol. The normalized spacial score (nSPS) is 21.3. The van der Waals surface area contributed by atoms with Gasteiger partial charge < -0.3 is 10.6 Å². The van der Waals surface area contributed by atoms with E-state index in [1.807, 2.05) is 6.07 Å². The van der Waals surface area contributed by atoms with E-state index in [1.54, 1.807) is 0 Å². The Labute approximate surface area is 112 Å². The Hall–Kier alpha value is -0.580. The molecule has 1 aromatic carbocycles. The van der Waals surface area contributed by atoms with E-state index in [-0.39, 0.29) is 0 Å². The second-order valence-electron chi connectivity index (χ2n) is 5.03. The van der Waals surface area contributed by atoms with E-state index in [9.17, 15) is 0 Å². The van der Waals surface area contributed by atoms with Crippen molar-refractivity contribution < 1.29 is 0 Å². The minimum Gasteiger partial charge on any atom is -0.399 e. The minimum atomic E-state index is 0.694. The average molecular weight is 298 g/mol. The van der Waals surface area contributed by atoms with E-state index in [0.717, 1.165) is 23.2 Å². The minimum absolute atomic E-state index is 0.694. The lowest BCUT2D eigenvalue weighted by atomic mass is 10.2. The summed E-state index contributed by atoms with van der Waals surface area (Å²) in [5, 5.41) is 0. The number of nitrogen functional groups attached to an aromatic ring is 1. The van der Waals surface area contributed by atoms with E-state index in [4.69, 9.17) is 5.73 Å². The van der Waals surface area contributed by atoms with Crippen LogP contribution in [-0.4, -0.2) is 43.0 Å². The molecule has 1 aliphatic rings. The molecule has 1 aromatic rings. The van der Waals surface area contributed by atoms with Gasteiger partial charge in [0.1, 0.15) is 0 Å². The van der Waals surface area contributed by atoms with E-state index >= 15 is 0 Å². The number of nitrogens with zero attached hydrogens (tertiary/aromatic N) is 2. The highest BCUT2D eigenvalue weighted by molar-refractivity contribution is 9.10. The van der Waals surface area contributed by atoms with Gasteiger partial charge in [0.25, 0.3) is 0 Å². The fourth-order valence-electron chi connectivity index (χ4n) is 2.40. The van der Waals surface area contributed by atoms with Gasteiger partial charge in [-0.05, 0) is 44.3 Å². The zero-order valence-corrected chi connectivity index (χ0v) is 12.1. The molecule has 0 bridgehead atoms. The first kappa shape index (κ1) is 12.9. The summed E-state index contributed by atoms with van der Waals surface area (Å²) in [4.78, 5) is 4.81. The summed E-state index contributed by atoms with van der Waals surface area (Å²) < 4.78 is 1.07. The van der Waals surface area contributed by atoms with Gasteiger partial charge in [-0.15, -0.1) is 0 Å². The van der Waals surface area contributed by atoms with E-state index in [2.05, 4.69) is 52.0 Å². The van der Waals surface area contributed by atoms with Crippen LogP contribution in [0.1, 0.15) is 12.0 Å². The molecule has 1 heterocycles. The molecule has 1 saturated heterocycles. The quantitative estimate of drug-likeness (QED) is 0.868. The summed E-state index contributed by atoms with van der Waals surface area (Å²) >= 11 is 3.49. The van der Waals surface area contributed by atoms with Crippen molar-refractivity contribution in [1.29, 1.82) is 0 Å². The molecule has 0 amide bonds. The van der Waals surface area contributed by atoms with Gasteiger partial charge in [-0.25, -0.2) is 0 Å². The molecule has 1 aliphatic heterocycles. The smallest absolute Gasteiger partial charge is 0.0328 e. The molecule has 2 rings (SSSR count). The van der Waals surface area contributed by atoms with Crippen molar-refractivity contribution in [3.8, 4) is 0 Å². The van der Waals surface area contributed by atoms with Gasteiger partial charge >= 0.3 is 0 Å². The summed E-state index contributed by atoms with van der Waals surface area (Å²) in [6.07, 6.45) is 1.26. The monoisotopic (exact) mass is 297 g/mol. The Morgan fingerprint density at radius 2 is 2.18 bits per heavy atom. The van der Waals surface area contributed by atoms with E-state index < -0.39 is 0 Å². The third-order valence-electron chi connectivity index (χ3n) is 3.36. The highest BCUT2D eigenvalue weighted by Crippen LogP contribution is 2.21. The van der Waals surface area contributed by atoms with Crippen LogP contribution in [0.25, 0.3) is 0 Å². The van der Waals surface area contributed by atoms with Gasteiger partial charge in [-0.2, -0.15) is 0 Å². The van der Waals surface area contributed by atoms with Gasteiger partial charge in [-0.3, -0.25) is 4.90 Å². The number of likely N-dealkylation sites (tertiary alicyclic amines) is 1. The molecular formula is C13H20BrN3. The van der Waals surface area contributed by atoms with Crippen LogP contribution in [0.2, 0.25) is 0 Å². The lowest BCUT2D eigenvalue weighted by molar-refractivity contribution is 0.264. The van der Waals surface area contributed by atoms with Crippen LogP contribution >= 0.6 is 15.9 Å². The summed E-state index contributed by atoms with van der Waals surface area (Å²) in [5.41, 5.74) is 7.97. The zero-order chi connectivity index (χ0) is 12.4. The topological polar surface area (TPSA) is 32.5 Å². The Kier molecular flexibility index (Phi) is 4.07. The first-order chi connectivity index (χ1) is 8.04. The summed E-state index contributed by atoms with van der Waals surface area (Å²) in [6, 6.07) is 6.85. The van der Waals surface area contributed by atoms with Crippen LogP contribution in [0.15, 0.2) is 22.7 Å². The third-order valence-corrected chi connectivity index (χ3v) is 3.82. The molecule has 0 spiro atoms.